The summed E-state index contributed by atoms with van der Waals surface area (Å²) in [5.74, 6) is 1.38. The van der Waals surface area contributed by atoms with Gasteiger partial charge in [-0.1, -0.05) is 18.2 Å². The van der Waals surface area contributed by atoms with Crippen molar-refractivity contribution in [3.05, 3.63) is 76.3 Å². The molecular formula is C30H32O6. The SMILES string of the molecule is Cc1ccc(-c2c(C)cc(OC3CCOC3)cc2C)cc1COc1ccc2c(c1)OC[C@H]2CC(=O)O. The Hall–Kier alpha value is -3.51. The lowest BCUT2D eigenvalue weighted by Gasteiger charge is -2.18. The highest BCUT2D eigenvalue weighted by Crippen LogP contribution is 2.39. The summed E-state index contributed by atoms with van der Waals surface area (Å²) in [6, 6.07) is 16.4. The van der Waals surface area contributed by atoms with Crippen LogP contribution in [0.2, 0.25) is 0 Å². The van der Waals surface area contributed by atoms with Crippen molar-refractivity contribution in [1.82, 2.24) is 0 Å². The number of benzene rings is 3. The number of aliphatic carboxylic acids is 1. The Morgan fingerprint density at radius 2 is 1.78 bits per heavy atom. The summed E-state index contributed by atoms with van der Waals surface area (Å²) < 4.78 is 23.4. The molecular weight excluding hydrogens is 456 g/mol. The van der Waals surface area contributed by atoms with E-state index in [1.807, 2.05) is 18.2 Å². The van der Waals surface area contributed by atoms with Gasteiger partial charge in [-0.15, -0.1) is 0 Å². The molecule has 3 aromatic rings. The standard InChI is InChI=1S/C30H32O6/c1-18-4-5-21(30-19(2)10-26(11-20(30)3)36-25-8-9-33-17-25)12-22(18)15-34-24-6-7-27-23(13-29(31)32)16-35-28(27)14-24/h4-7,10-12,14,23,25H,8-9,13,15-17H2,1-3H3,(H,31,32)/t23-,25?/m1/s1. The normalized spacial score (nSPS) is 18.5. The van der Waals surface area contributed by atoms with Gasteiger partial charge in [0.05, 0.1) is 26.2 Å². The van der Waals surface area contributed by atoms with E-state index in [4.69, 9.17) is 24.1 Å². The molecule has 0 bridgehead atoms. The first-order valence-electron chi connectivity index (χ1n) is 12.4. The van der Waals surface area contributed by atoms with Crippen LogP contribution in [0.3, 0.4) is 0 Å². The zero-order valence-corrected chi connectivity index (χ0v) is 21.0. The topological polar surface area (TPSA) is 74.2 Å². The van der Waals surface area contributed by atoms with Gasteiger partial charge in [0, 0.05) is 24.0 Å². The molecule has 2 aliphatic rings. The van der Waals surface area contributed by atoms with Gasteiger partial charge in [0.2, 0.25) is 0 Å². The van der Waals surface area contributed by atoms with Crippen molar-refractivity contribution in [3.63, 3.8) is 0 Å². The molecule has 1 fully saturated rings. The van der Waals surface area contributed by atoms with E-state index in [1.54, 1.807) is 0 Å². The van der Waals surface area contributed by atoms with Crippen LogP contribution in [0.1, 0.15) is 46.6 Å². The molecule has 0 radical (unpaired) electrons. The maximum absolute atomic E-state index is 11.1. The zero-order valence-electron chi connectivity index (χ0n) is 21.0. The molecule has 0 spiro atoms. The molecule has 1 unspecified atom stereocenters. The van der Waals surface area contributed by atoms with Gasteiger partial charge in [0.15, 0.2) is 0 Å². The van der Waals surface area contributed by atoms with Gasteiger partial charge in [-0.25, -0.2) is 0 Å². The van der Waals surface area contributed by atoms with Crippen LogP contribution in [0.25, 0.3) is 11.1 Å². The fraction of sp³-hybridized carbons (Fsp3) is 0.367. The molecule has 2 atom stereocenters. The maximum atomic E-state index is 11.1. The number of carbonyl (C=O) groups is 1. The highest BCUT2D eigenvalue weighted by atomic mass is 16.5. The van der Waals surface area contributed by atoms with Gasteiger partial charge in [-0.3, -0.25) is 4.79 Å². The Kier molecular flexibility index (Phi) is 6.88. The van der Waals surface area contributed by atoms with Gasteiger partial charge in [0.1, 0.15) is 30.0 Å². The van der Waals surface area contributed by atoms with Crippen molar-refractivity contribution < 1.29 is 28.8 Å². The summed E-state index contributed by atoms with van der Waals surface area (Å²) >= 11 is 0. The fourth-order valence-electron chi connectivity index (χ4n) is 5.12. The van der Waals surface area contributed by atoms with E-state index in [1.165, 1.54) is 16.7 Å². The van der Waals surface area contributed by atoms with Crippen molar-refractivity contribution in [1.29, 1.82) is 0 Å². The minimum atomic E-state index is -0.816. The second kappa shape index (κ2) is 10.2. The monoisotopic (exact) mass is 488 g/mol. The average Bonchev–Trinajstić information content (AvgIpc) is 3.48. The van der Waals surface area contributed by atoms with Crippen molar-refractivity contribution in [2.75, 3.05) is 19.8 Å². The first-order chi connectivity index (χ1) is 17.4. The molecule has 6 heteroatoms. The predicted octanol–water partition coefficient (Wildman–Crippen LogP) is 5.98. The predicted molar refractivity (Wildman–Crippen MR) is 137 cm³/mol. The largest absolute Gasteiger partial charge is 0.492 e. The third-order valence-electron chi connectivity index (χ3n) is 7.01. The van der Waals surface area contributed by atoms with Crippen LogP contribution in [-0.4, -0.2) is 37.0 Å². The summed E-state index contributed by atoms with van der Waals surface area (Å²) in [7, 11) is 0. The summed E-state index contributed by atoms with van der Waals surface area (Å²) in [6.07, 6.45) is 1.13. The van der Waals surface area contributed by atoms with Gasteiger partial charge in [-0.2, -0.15) is 0 Å². The Labute approximate surface area is 211 Å². The van der Waals surface area contributed by atoms with Crippen molar-refractivity contribution in [3.8, 4) is 28.4 Å². The van der Waals surface area contributed by atoms with Crippen LogP contribution < -0.4 is 14.2 Å². The lowest BCUT2D eigenvalue weighted by atomic mass is 9.93. The minimum absolute atomic E-state index is 0.0696. The Morgan fingerprint density at radius 3 is 2.50 bits per heavy atom. The lowest BCUT2D eigenvalue weighted by Crippen LogP contribution is -2.15. The number of carboxylic acids is 1. The smallest absolute Gasteiger partial charge is 0.304 e. The number of ether oxygens (including phenoxy) is 4. The average molecular weight is 489 g/mol. The molecule has 36 heavy (non-hydrogen) atoms. The Bertz CT molecular complexity index is 1250. The highest BCUT2D eigenvalue weighted by molar-refractivity contribution is 5.73. The highest BCUT2D eigenvalue weighted by Gasteiger charge is 2.26. The molecule has 188 valence electrons. The number of hydrogen-bond acceptors (Lipinski definition) is 5. The van der Waals surface area contributed by atoms with E-state index in [9.17, 15) is 4.79 Å². The van der Waals surface area contributed by atoms with Crippen LogP contribution in [-0.2, 0) is 16.1 Å². The van der Waals surface area contributed by atoms with Crippen molar-refractivity contribution in [2.45, 2.75) is 52.2 Å². The van der Waals surface area contributed by atoms with E-state index >= 15 is 0 Å². The van der Waals surface area contributed by atoms with E-state index in [0.29, 0.717) is 31.3 Å². The maximum Gasteiger partial charge on any atom is 0.304 e. The molecule has 1 N–H and O–H groups in total. The summed E-state index contributed by atoms with van der Waals surface area (Å²) in [5, 5.41) is 9.11. The molecule has 6 nitrogen and oxygen atoms in total. The summed E-state index contributed by atoms with van der Waals surface area (Å²) in [6.45, 7) is 8.57. The molecule has 0 saturated carbocycles. The zero-order chi connectivity index (χ0) is 25.2. The molecule has 3 aromatic carbocycles. The number of hydrogen-bond donors (Lipinski definition) is 1. The van der Waals surface area contributed by atoms with E-state index in [-0.39, 0.29) is 18.4 Å². The molecule has 0 aliphatic carbocycles. The summed E-state index contributed by atoms with van der Waals surface area (Å²) in [4.78, 5) is 11.1. The first-order valence-corrected chi connectivity index (χ1v) is 12.4. The van der Waals surface area contributed by atoms with Gasteiger partial charge in [0.25, 0.3) is 0 Å². The van der Waals surface area contributed by atoms with Crippen LogP contribution in [0.5, 0.6) is 17.2 Å². The third-order valence-corrected chi connectivity index (χ3v) is 7.01. The molecule has 0 aromatic heterocycles. The molecule has 5 rings (SSSR count). The quantitative estimate of drug-likeness (QED) is 0.421. The Balaban J connectivity index is 1.31. The van der Waals surface area contributed by atoms with Crippen LogP contribution in [0.15, 0.2) is 48.5 Å². The number of carboxylic acid groups (broad SMARTS) is 1. The molecule has 2 aliphatic heterocycles. The van der Waals surface area contributed by atoms with E-state index in [2.05, 4.69) is 51.1 Å². The second-order valence-corrected chi connectivity index (χ2v) is 9.77. The van der Waals surface area contributed by atoms with Crippen molar-refractivity contribution in [2.24, 2.45) is 0 Å². The lowest BCUT2D eigenvalue weighted by molar-refractivity contribution is -0.137. The van der Waals surface area contributed by atoms with Crippen LogP contribution in [0, 0.1) is 20.8 Å². The third kappa shape index (κ3) is 5.19. The molecule has 1 saturated heterocycles. The minimum Gasteiger partial charge on any atom is -0.492 e. The molecule has 2 heterocycles. The Morgan fingerprint density at radius 1 is 0.972 bits per heavy atom. The summed E-state index contributed by atoms with van der Waals surface area (Å²) in [5.41, 5.74) is 7.91. The van der Waals surface area contributed by atoms with Gasteiger partial charge < -0.3 is 24.1 Å². The van der Waals surface area contributed by atoms with Crippen LogP contribution >= 0.6 is 0 Å². The number of fused-ring (bicyclic) bond motifs is 1. The fourth-order valence-corrected chi connectivity index (χ4v) is 5.12. The number of rotatable bonds is 8. The van der Waals surface area contributed by atoms with Gasteiger partial charge in [-0.05, 0) is 78.4 Å². The van der Waals surface area contributed by atoms with Gasteiger partial charge >= 0.3 is 5.97 Å². The van der Waals surface area contributed by atoms with E-state index < -0.39 is 5.97 Å². The van der Waals surface area contributed by atoms with E-state index in [0.717, 1.165) is 41.0 Å². The number of aryl methyl sites for hydroxylation is 3. The first kappa shape index (κ1) is 24.2. The second-order valence-electron chi connectivity index (χ2n) is 9.77. The van der Waals surface area contributed by atoms with Crippen LogP contribution in [0.4, 0.5) is 0 Å². The van der Waals surface area contributed by atoms with Crippen molar-refractivity contribution >= 4 is 5.97 Å². The molecule has 0 amide bonds.